The first kappa shape index (κ1) is 11.9. The standard InChI is InChI=1S/C12H9BrINO/c1-8-6-12(15-7-9(8)13)16-11-5-3-2-4-10(11)14/h2-7H,1H3. The van der Waals surface area contributed by atoms with Crippen molar-refractivity contribution in [1.82, 2.24) is 4.98 Å². The van der Waals surface area contributed by atoms with E-state index in [1.54, 1.807) is 6.20 Å². The predicted molar refractivity (Wildman–Crippen MR) is 75.9 cm³/mol. The molecule has 82 valence electrons. The molecule has 0 fully saturated rings. The number of hydrogen-bond donors (Lipinski definition) is 0. The Bertz CT molecular complexity index is 516. The Morgan fingerprint density at radius 2 is 2.06 bits per heavy atom. The Balaban J connectivity index is 2.28. The third-order valence-electron chi connectivity index (χ3n) is 2.07. The Hall–Kier alpha value is -0.620. The number of aromatic nitrogens is 1. The van der Waals surface area contributed by atoms with Gasteiger partial charge in [-0.3, -0.25) is 0 Å². The van der Waals surface area contributed by atoms with E-state index in [9.17, 15) is 0 Å². The Labute approximate surface area is 116 Å². The third kappa shape index (κ3) is 2.74. The maximum atomic E-state index is 5.71. The van der Waals surface area contributed by atoms with Gasteiger partial charge in [-0.15, -0.1) is 0 Å². The van der Waals surface area contributed by atoms with Gasteiger partial charge in [0.2, 0.25) is 5.88 Å². The molecule has 1 aromatic heterocycles. The van der Waals surface area contributed by atoms with Crippen molar-refractivity contribution in [2.45, 2.75) is 6.92 Å². The van der Waals surface area contributed by atoms with E-state index in [-0.39, 0.29) is 0 Å². The van der Waals surface area contributed by atoms with Crippen molar-refractivity contribution < 1.29 is 4.74 Å². The van der Waals surface area contributed by atoms with E-state index in [0.29, 0.717) is 5.88 Å². The summed E-state index contributed by atoms with van der Waals surface area (Å²) in [6, 6.07) is 9.77. The smallest absolute Gasteiger partial charge is 0.219 e. The molecule has 0 unspecified atom stereocenters. The van der Waals surface area contributed by atoms with E-state index in [1.165, 1.54) is 0 Å². The Kier molecular flexibility index (Phi) is 3.81. The molecule has 4 heteroatoms. The molecule has 1 aromatic carbocycles. The van der Waals surface area contributed by atoms with Gasteiger partial charge in [0.1, 0.15) is 5.75 Å². The maximum Gasteiger partial charge on any atom is 0.219 e. The van der Waals surface area contributed by atoms with Crippen LogP contribution < -0.4 is 4.74 Å². The molecule has 0 spiro atoms. The molecular weight excluding hydrogens is 381 g/mol. The fourth-order valence-corrected chi connectivity index (χ4v) is 1.92. The molecule has 2 nitrogen and oxygen atoms in total. The van der Waals surface area contributed by atoms with Crippen molar-refractivity contribution >= 4 is 38.5 Å². The topological polar surface area (TPSA) is 22.1 Å². The second-order valence-corrected chi connectivity index (χ2v) is 5.32. The molecular formula is C12H9BrINO. The Morgan fingerprint density at radius 3 is 2.75 bits per heavy atom. The average molecular weight is 390 g/mol. The number of benzene rings is 1. The average Bonchev–Trinajstić information content (AvgIpc) is 2.27. The van der Waals surface area contributed by atoms with Crippen LogP contribution in [0.25, 0.3) is 0 Å². The third-order valence-corrected chi connectivity index (χ3v) is 3.79. The zero-order valence-corrected chi connectivity index (χ0v) is 12.3. The van der Waals surface area contributed by atoms with Crippen molar-refractivity contribution in [3.05, 3.63) is 50.1 Å². The fraction of sp³-hybridized carbons (Fsp3) is 0.0833. The normalized spacial score (nSPS) is 10.2. The molecule has 0 N–H and O–H groups in total. The van der Waals surface area contributed by atoms with Crippen molar-refractivity contribution in [2.75, 3.05) is 0 Å². The summed E-state index contributed by atoms with van der Waals surface area (Å²) in [5, 5.41) is 0. The molecule has 0 amide bonds. The SMILES string of the molecule is Cc1cc(Oc2ccccc2I)ncc1Br. The highest BCUT2D eigenvalue weighted by Crippen LogP contribution is 2.26. The molecule has 1 heterocycles. The molecule has 2 rings (SSSR count). The van der Waals surface area contributed by atoms with Gasteiger partial charge in [0.15, 0.2) is 0 Å². The van der Waals surface area contributed by atoms with Crippen LogP contribution in [0.15, 0.2) is 41.0 Å². The van der Waals surface area contributed by atoms with Gasteiger partial charge in [-0.25, -0.2) is 4.98 Å². The van der Waals surface area contributed by atoms with Gasteiger partial charge in [-0.1, -0.05) is 12.1 Å². The largest absolute Gasteiger partial charge is 0.438 e. The minimum atomic E-state index is 0.616. The lowest BCUT2D eigenvalue weighted by atomic mass is 10.3. The molecule has 0 aliphatic rings. The van der Waals surface area contributed by atoms with Crippen LogP contribution in [-0.2, 0) is 0 Å². The van der Waals surface area contributed by atoms with Crippen LogP contribution in [0.2, 0.25) is 0 Å². The van der Waals surface area contributed by atoms with Gasteiger partial charge < -0.3 is 4.74 Å². The van der Waals surface area contributed by atoms with Crippen LogP contribution in [0.4, 0.5) is 0 Å². The summed E-state index contributed by atoms with van der Waals surface area (Å²) in [4.78, 5) is 4.20. The highest BCUT2D eigenvalue weighted by Gasteiger charge is 2.04. The summed E-state index contributed by atoms with van der Waals surface area (Å²) in [5.41, 5.74) is 1.11. The summed E-state index contributed by atoms with van der Waals surface area (Å²) >= 11 is 5.65. The lowest BCUT2D eigenvalue weighted by Gasteiger charge is -2.07. The van der Waals surface area contributed by atoms with E-state index in [0.717, 1.165) is 19.4 Å². The van der Waals surface area contributed by atoms with Crippen LogP contribution in [0, 0.1) is 10.5 Å². The van der Waals surface area contributed by atoms with Crippen molar-refractivity contribution in [3.8, 4) is 11.6 Å². The van der Waals surface area contributed by atoms with E-state index in [2.05, 4.69) is 43.5 Å². The number of aryl methyl sites for hydroxylation is 1. The van der Waals surface area contributed by atoms with E-state index >= 15 is 0 Å². The lowest BCUT2D eigenvalue weighted by Crippen LogP contribution is -1.90. The van der Waals surface area contributed by atoms with Gasteiger partial charge >= 0.3 is 0 Å². The molecule has 0 saturated heterocycles. The molecule has 2 aromatic rings. The van der Waals surface area contributed by atoms with Crippen LogP contribution in [0.5, 0.6) is 11.6 Å². The number of halogens is 2. The molecule has 0 saturated carbocycles. The number of pyridine rings is 1. The molecule has 0 atom stereocenters. The quantitative estimate of drug-likeness (QED) is 0.703. The van der Waals surface area contributed by atoms with E-state index in [4.69, 9.17) is 4.74 Å². The summed E-state index contributed by atoms with van der Waals surface area (Å²) in [5.74, 6) is 1.45. The summed E-state index contributed by atoms with van der Waals surface area (Å²) in [6.45, 7) is 2.01. The molecule has 0 radical (unpaired) electrons. The van der Waals surface area contributed by atoms with Gasteiger partial charge in [-0.05, 0) is 63.1 Å². The lowest BCUT2D eigenvalue weighted by molar-refractivity contribution is 0.459. The first-order chi connectivity index (χ1) is 7.66. The first-order valence-corrected chi connectivity index (χ1v) is 6.58. The molecule has 16 heavy (non-hydrogen) atoms. The van der Waals surface area contributed by atoms with Gasteiger partial charge in [0.25, 0.3) is 0 Å². The van der Waals surface area contributed by atoms with Gasteiger partial charge in [0, 0.05) is 16.7 Å². The first-order valence-electron chi connectivity index (χ1n) is 4.71. The molecule has 0 aliphatic heterocycles. The van der Waals surface area contributed by atoms with E-state index < -0.39 is 0 Å². The van der Waals surface area contributed by atoms with E-state index in [1.807, 2.05) is 37.3 Å². The zero-order valence-electron chi connectivity index (χ0n) is 8.58. The number of rotatable bonds is 2. The highest BCUT2D eigenvalue weighted by atomic mass is 127. The predicted octanol–water partition coefficient (Wildman–Crippen LogP) is 4.55. The van der Waals surface area contributed by atoms with Crippen molar-refractivity contribution in [1.29, 1.82) is 0 Å². The number of hydrogen-bond acceptors (Lipinski definition) is 2. The zero-order chi connectivity index (χ0) is 11.5. The van der Waals surface area contributed by atoms with Crippen LogP contribution in [-0.4, -0.2) is 4.98 Å². The minimum Gasteiger partial charge on any atom is -0.438 e. The second-order valence-electron chi connectivity index (χ2n) is 3.30. The Morgan fingerprint density at radius 1 is 1.31 bits per heavy atom. The number of ether oxygens (including phenoxy) is 1. The fourth-order valence-electron chi connectivity index (χ4n) is 1.21. The second kappa shape index (κ2) is 5.14. The molecule has 0 aliphatic carbocycles. The van der Waals surface area contributed by atoms with Crippen molar-refractivity contribution in [3.63, 3.8) is 0 Å². The number of nitrogens with zero attached hydrogens (tertiary/aromatic N) is 1. The van der Waals surface area contributed by atoms with Crippen LogP contribution in [0.3, 0.4) is 0 Å². The minimum absolute atomic E-state index is 0.616. The van der Waals surface area contributed by atoms with Gasteiger partial charge in [0.05, 0.1) is 3.57 Å². The van der Waals surface area contributed by atoms with Crippen LogP contribution >= 0.6 is 38.5 Å². The monoisotopic (exact) mass is 389 g/mol. The summed E-state index contributed by atoms with van der Waals surface area (Å²) in [6.07, 6.45) is 1.75. The summed E-state index contributed by atoms with van der Waals surface area (Å²) < 4.78 is 7.77. The molecule has 0 bridgehead atoms. The van der Waals surface area contributed by atoms with Gasteiger partial charge in [-0.2, -0.15) is 0 Å². The highest BCUT2D eigenvalue weighted by molar-refractivity contribution is 14.1. The van der Waals surface area contributed by atoms with Crippen LogP contribution in [0.1, 0.15) is 5.56 Å². The summed E-state index contributed by atoms with van der Waals surface area (Å²) in [7, 11) is 0. The van der Waals surface area contributed by atoms with Crippen molar-refractivity contribution in [2.24, 2.45) is 0 Å². The number of para-hydroxylation sites is 1. The maximum absolute atomic E-state index is 5.71.